The van der Waals surface area contributed by atoms with Crippen molar-refractivity contribution in [2.24, 2.45) is 5.92 Å². The zero-order chi connectivity index (χ0) is 17.6. The largest absolute Gasteiger partial charge is 0.464 e. The summed E-state index contributed by atoms with van der Waals surface area (Å²) in [6.45, 7) is 5.30. The molecule has 0 spiro atoms. The average Bonchev–Trinajstić information content (AvgIpc) is 3.44. The molecule has 1 aromatic rings. The Kier molecular flexibility index (Phi) is 4.24. The van der Waals surface area contributed by atoms with Crippen molar-refractivity contribution < 1.29 is 19.1 Å². The van der Waals surface area contributed by atoms with Gasteiger partial charge in [0, 0.05) is 23.2 Å². The third kappa shape index (κ3) is 2.85. The Labute approximate surface area is 141 Å². The van der Waals surface area contributed by atoms with Crippen molar-refractivity contribution in [2.75, 3.05) is 7.11 Å². The predicted molar refractivity (Wildman–Crippen MR) is 88.0 cm³/mol. The Morgan fingerprint density at radius 3 is 2.29 bits per heavy atom. The Balaban J connectivity index is 1.88. The smallest absolute Gasteiger partial charge is 0.354 e. The molecule has 6 nitrogen and oxygen atoms in total. The minimum atomic E-state index is -0.510. The van der Waals surface area contributed by atoms with Crippen molar-refractivity contribution in [1.29, 1.82) is 0 Å². The highest BCUT2D eigenvalue weighted by atomic mass is 16.5. The zero-order valence-electron chi connectivity index (χ0n) is 14.6. The van der Waals surface area contributed by atoms with E-state index in [9.17, 15) is 14.4 Å². The van der Waals surface area contributed by atoms with Crippen molar-refractivity contribution in [3.8, 4) is 0 Å². The Bertz CT molecular complexity index is 698. The molecule has 0 aromatic carbocycles. The van der Waals surface area contributed by atoms with Crippen molar-refractivity contribution in [3.63, 3.8) is 0 Å². The monoisotopic (exact) mass is 332 g/mol. The molecule has 0 aliphatic heterocycles. The lowest BCUT2D eigenvalue weighted by molar-refractivity contribution is -0.134. The van der Waals surface area contributed by atoms with Gasteiger partial charge in [0.05, 0.1) is 13.2 Å². The van der Waals surface area contributed by atoms with Gasteiger partial charge < -0.3 is 14.6 Å². The molecular formula is C18H24N2O4. The summed E-state index contributed by atoms with van der Waals surface area (Å²) in [5.74, 6) is -0.398. The molecular weight excluding hydrogens is 308 g/mol. The fraction of sp³-hybridized carbons (Fsp3) is 0.611. The van der Waals surface area contributed by atoms with E-state index in [0.717, 1.165) is 25.7 Å². The summed E-state index contributed by atoms with van der Waals surface area (Å²) < 4.78 is 4.75. The molecule has 1 atom stereocenters. The van der Waals surface area contributed by atoms with Gasteiger partial charge in [-0.1, -0.05) is 0 Å². The normalized spacial score (nSPS) is 18.2. The number of carbonyl (C=O) groups is 3. The van der Waals surface area contributed by atoms with Crippen LogP contribution in [0.2, 0.25) is 0 Å². The van der Waals surface area contributed by atoms with Gasteiger partial charge in [-0.25, -0.2) is 4.79 Å². The van der Waals surface area contributed by atoms with Crippen LogP contribution in [0.1, 0.15) is 64.7 Å². The maximum absolute atomic E-state index is 13.1. The molecule has 2 aliphatic rings. The van der Waals surface area contributed by atoms with E-state index < -0.39 is 12.0 Å². The number of aromatic amines is 1. The van der Waals surface area contributed by atoms with Crippen LogP contribution in [0, 0.1) is 19.8 Å². The molecule has 24 heavy (non-hydrogen) atoms. The number of hydrogen-bond acceptors (Lipinski definition) is 4. The number of ether oxygens (including phenoxy) is 1. The summed E-state index contributed by atoms with van der Waals surface area (Å²) in [5.41, 5.74) is 2.03. The summed E-state index contributed by atoms with van der Waals surface area (Å²) in [5, 5.41) is 0. The SMILES string of the molecule is COC(=O)c1[nH]c(C)c(C(=O)[C@H](C)N(C(=O)C2CC2)C2CC2)c1C. The molecule has 0 radical (unpaired) electrons. The molecule has 3 rings (SSSR count). The number of esters is 1. The molecule has 0 bridgehead atoms. The standard InChI is InChI=1S/C18H24N2O4/c1-9-14(10(2)19-15(9)18(23)24-4)16(21)11(3)20(13-7-8-13)17(22)12-5-6-12/h11-13,19H,5-8H2,1-4H3/t11-/m0/s1. The number of hydrogen-bond donors (Lipinski definition) is 1. The van der Waals surface area contributed by atoms with Crippen LogP contribution < -0.4 is 0 Å². The number of Topliss-reactive ketones (excluding diaryl/α,β-unsaturated/α-hetero) is 1. The van der Waals surface area contributed by atoms with Crippen LogP contribution in [0.3, 0.4) is 0 Å². The maximum Gasteiger partial charge on any atom is 0.354 e. The van der Waals surface area contributed by atoms with Gasteiger partial charge in [0.2, 0.25) is 5.91 Å². The van der Waals surface area contributed by atoms with Gasteiger partial charge in [-0.05, 0) is 52.0 Å². The lowest BCUT2D eigenvalue weighted by Crippen LogP contribution is -2.45. The Morgan fingerprint density at radius 1 is 1.17 bits per heavy atom. The number of ketones is 1. The molecule has 1 amide bonds. The molecule has 2 saturated carbocycles. The first-order valence-electron chi connectivity index (χ1n) is 8.50. The molecule has 6 heteroatoms. The maximum atomic E-state index is 13.1. The Morgan fingerprint density at radius 2 is 1.79 bits per heavy atom. The molecule has 0 unspecified atom stereocenters. The number of nitrogens with zero attached hydrogens (tertiary/aromatic N) is 1. The summed E-state index contributed by atoms with van der Waals surface area (Å²) in [4.78, 5) is 42.2. The van der Waals surface area contributed by atoms with E-state index in [1.54, 1.807) is 25.7 Å². The molecule has 1 N–H and O–H groups in total. The number of carbonyl (C=O) groups excluding carboxylic acids is 3. The summed E-state index contributed by atoms with van der Waals surface area (Å²) in [7, 11) is 1.31. The van der Waals surface area contributed by atoms with Crippen molar-refractivity contribution in [2.45, 2.75) is 58.5 Å². The number of methoxy groups -OCH3 is 1. The third-order valence-electron chi connectivity index (χ3n) is 4.99. The predicted octanol–water partition coefficient (Wildman–Crippen LogP) is 2.39. The van der Waals surface area contributed by atoms with E-state index in [-0.39, 0.29) is 23.7 Å². The second kappa shape index (κ2) is 6.07. The fourth-order valence-corrected chi connectivity index (χ4v) is 3.34. The first-order chi connectivity index (χ1) is 11.4. The highest BCUT2D eigenvalue weighted by Gasteiger charge is 2.44. The molecule has 2 fully saturated rings. The quantitative estimate of drug-likeness (QED) is 0.641. The van der Waals surface area contributed by atoms with Crippen molar-refractivity contribution in [3.05, 3.63) is 22.5 Å². The van der Waals surface area contributed by atoms with Crippen LogP contribution in [0.4, 0.5) is 0 Å². The van der Waals surface area contributed by atoms with Gasteiger partial charge in [0.25, 0.3) is 0 Å². The third-order valence-corrected chi connectivity index (χ3v) is 4.99. The number of H-pyrrole nitrogens is 1. The summed E-state index contributed by atoms with van der Waals surface area (Å²) in [6, 6.07) is -0.319. The van der Waals surface area contributed by atoms with Crippen LogP contribution in [0.25, 0.3) is 0 Å². The van der Waals surface area contributed by atoms with Crippen molar-refractivity contribution >= 4 is 17.7 Å². The van der Waals surface area contributed by atoms with E-state index >= 15 is 0 Å². The van der Waals surface area contributed by atoms with Crippen LogP contribution in [0.15, 0.2) is 0 Å². The minimum absolute atomic E-state index is 0.0971. The molecule has 0 saturated heterocycles. The van der Waals surface area contributed by atoms with E-state index in [0.29, 0.717) is 22.5 Å². The minimum Gasteiger partial charge on any atom is -0.464 e. The molecule has 1 aromatic heterocycles. The molecule has 130 valence electrons. The van der Waals surface area contributed by atoms with Gasteiger partial charge in [0.1, 0.15) is 5.69 Å². The lowest BCUT2D eigenvalue weighted by atomic mass is 9.99. The second-order valence-corrected chi connectivity index (χ2v) is 6.91. The molecule has 2 aliphatic carbocycles. The van der Waals surface area contributed by atoms with Gasteiger partial charge in [-0.3, -0.25) is 9.59 Å². The van der Waals surface area contributed by atoms with E-state index in [4.69, 9.17) is 4.74 Å². The number of aryl methyl sites for hydroxylation is 1. The van der Waals surface area contributed by atoms with Gasteiger partial charge >= 0.3 is 5.97 Å². The fourth-order valence-electron chi connectivity index (χ4n) is 3.34. The summed E-state index contributed by atoms with van der Waals surface area (Å²) >= 11 is 0. The van der Waals surface area contributed by atoms with Gasteiger partial charge in [-0.2, -0.15) is 0 Å². The highest BCUT2D eigenvalue weighted by molar-refractivity contribution is 6.06. The van der Waals surface area contributed by atoms with Gasteiger partial charge in [0.15, 0.2) is 5.78 Å². The number of aromatic nitrogens is 1. The van der Waals surface area contributed by atoms with E-state index in [1.165, 1.54) is 7.11 Å². The number of amides is 1. The van der Waals surface area contributed by atoms with E-state index in [2.05, 4.69) is 4.98 Å². The van der Waals surface area contributed by atoms with Crippen LogP contribution >= 0.6 is 0 Å². The zero-order valence-corrected chi connectivity index (χ0v) is 14.6. The van der Waals surface area contributed by atoms with Crippen LogP contribution in [-0.2, 0) is 9.53 Å². The Hall–Kier alpha value is -2.11. The lowest BCUT2D eigenvalue weighted by Gasteiger charge is -2.28. The first kappa shape index (κ1) is 16.7. The number of rotatable bonds is 6. The summed E-state index contributed by atoms with van der Waals surface area (Å²) in [6.07, 6.45) is 3.79. The van der Waals surface area contributed by atoms with Crippen LogP contribution in [-0.4, -0.2) is 46.7 Å². The number of nitrogens with one attached hydrogen (secondary N) is 1. The average molecular weight is 332 g/mol. The first-order valence-corrected chi connectivity index (χ1v) is 8.50. The van der Waals surface area contributed by atoms with Gasteiger partial charge in [-0.15, -0.1) is 0 Å². The molecule has 1 heterocycles. The van der Waals surface area contributed by atoms with Crippen LogP contribution in [0.5, 0.6) is 0 Å². The topological polar surface area (TPSA) is 79.5 Å². The second-order valence-electron chi connectivity index (χ2n) is 6.91. The highest BCUT2D eigenvalue weighted by Crippen LogP contribution is 2.38. The van der Waals surface area contributed by atoms with E-state index in [1.807, 2.05) is 0 Å². The van der Waals surface area contributed by atoms with Crippen molar-refractivity contribution in [1.82, 2.24) is 9.88 Å².